The van der Waals surface area contributed by atoms with Gasteiger partial charge in [0.25, 0.3) is 10.0 Å². The standard InChI is InChI=1S/C13H16FNO4S/c1-15(13(16)8-10-6-7-19-9-10)20(17,18)12-4-2-11(14)3-5-12/h2-5,10H,6-9H2,1H3. The summed E-state index contributed by atoms with van der Waals surface area (Å²) >= 11 is 0. The molecule has 0 aliphatic carbocycles. The highest BCUT2D eigenvalue weighted by Crippen LogP contribution is 2.20. The lowest BCUT2D eigenvalue weighted by molar-refractivity contribution is -0.126. The van der Waals surface area contributed by atoms with Gasteiger partial charge in [-0.1, -0.05) is 0 Å². The minimum atomic E-state index is -3.92. The number of amides is 1. The molecule has 0 radical (unpaired) electrons. The number of rotatable bonds is 4. The van der Waals surface area contributed by atoms with Gasteiger partial charge in [-0.25, -0.2) is 17.1 Å². The molecule has 2 rings (SSSR count). The Labute approximate surface area is 117 Å². The van der Waals surface area contributed by atoms with Gasteiger partial charge >= 0.3 is 0 Å². The van der Waals surface area contributed by atoms with E-state index >= 15 is 0 Å². The quantitative estimate of drug-likeness (QED) is 0.843. The van der Waals surface area contributed by atoms with Crippen LogP contribution in [0.2, 0.25) is 0 Å². The maximum Gasteiger partial charge on any atom is 0.266 e. The molecular weight excluding hydrogens is 285 g/mol. The fourth-order valence-corrected chi connectivity index (χ4v) is 3.16. The third-order valence-corrected chi connectivity index (χ3v) is 5.10. The van der Waals surface area contributed by atoms with Gasteiger partial charge in [0.05, 0.1) is 4.90 Å². The zero-order valence-electron chi connectivity index (χ0n) is 11.1. The van der Waals surface area contributed by atoms with Crippen molar-refractivity contribution >= 4 is 15.9 Å². The number of halogens is 1. The predicted octanol–water partition coefficient (Wildman–Crippen LogP) is 1.40. The summed E-state index contributed by atoms with van der Waals surface area (Å²) in [5.74, 6) is -0.945. The lowest BCUT2D eigenvalue weighted by Crippen LogP contribution is -2.34. The Bertz CT molecular complexity index is 579. The molecule has 20 heavy (non-hydrogen) atoms. The van der Waals surface area contributed by atoms with Crippen molar-refractivity contribution in [2.24, 2.45) is 5.92 Å². The zero-order chi connectivity index (χ0) is 14.8. The van der Waals surface area contributed by atoms with Crippen LogP contribution >= 0.6 is 0 Å². The van der Waals surface area contributed by atoms with Crippen LogP contribution in [-0.4, -0.2) is 38.9 Å². The first-order valence-corrected chi connectivity index (χ1v) is 7.70. The second-order valence-corrected chi connectivity index (χ2v) is 6.72. The summed E-state index contributed by atoms with van der Waals surface area (Å²) in [6.07, 6.45) is 0.896. The van der Waals surface area contributed by atoms with Crippen molar-refractivity contribution in [1.82, 2.24) is 4.31 Å². The molecule has 0 spiro atoms. The van der Waals surface area contributed by atoms with Crippen molar-refractivity contribution in [2.75, 3.05) is 20.3 Å². The number of carbonyl (C=O) groups excluding carboxylic acids is 1. The molecule has 1 saturated heterocycles. The van der Waals surface area contributed by atoms with Gasteiger partial charge in [-0.05, 0) is 36.6 Å². The van der Waals surface area contributed by atoms with Gasteiger partial charge in [-0.3, -0.25) is 4.79 Å². The Morgan fingerprint density at radius 2 is 2.05 bits per heavy atom. The van der Waals surface area contributed by atoms with Gasteiger partial charge in [0, 0.05) is 26.7 Å². The topological polar surface area (TPSA) is 63.7 Å². The van der Waals surface area contributed by atoms with Gasteiger partial charge in [0.1, 0.15) is 5.82 Å². The average molecular weight is 301 g/mol. The van der Waals surface area contributed by atoms with Gasteiger partial charge in [0.2, 0.25) is 5.91 Å². The second kappa shape index (κ2) is 5.88. The summed E-state index contributed by atoms with van der Waals surface area (Å²) in [5.41, 5.74) is 0. The van der Waals surface area contributed by atoms with E-state index in [0.717, 1.165) is 35.0 Å². The maximum atomic E-state index is 12.8. The molecule has 1 aliphatic rings. The van der Waals surface area contributed by atoms with Crippen molar-refractivity contribution in [2.45, 2.75) is 17.7 Å². The minimum Gasteiger partial charge on any atom is -0.381 e. The monoisotopic (exact) mass is 301 g/mol. The molecule has 1 aromatic rings. The summed E-state index contributed by atoms with van der Waals surface area (Å²) in [6, 6.07) is 4.40. The van der Waals surface area contributed by atoms with Crippen LogP contribution in [-0.2, 0) is 19.6 Å². The molecule has 0 aromatic heterocycles. The average Bonchev–Trinajstić information content (AvgIpc) is 2.91. The van der Waals surface area contributed by atoms with E-state index in [0.29, 0.717) is 13.2 Å². The number of ether oxygens (including phenoxy) is 1. The van der Waals surface area contributed by atoms with Gasteiger partial charge in [-0.2, -0.15) is 0 Å². The van der Waals surface area contributed by atoms with E-state index < -0.39 is 21.7 Å². The smallest absolute Gasteiger partial charge is 0.266 e. The molecule has 1 aliphatic heterocycles. The largest absolute Gasteiger partial charge is 0.381 e. The van der Waals surface area contributed by atoms with E-state index in [1.807, 2.05) is 0 Å². The van der Waals surface area contributed by atoms with Crippen LogP contribution in [0.15, 0.2) is 29.2 Å². The summed E-state index contributed by atoms with van der Waals surface area (Å²) in [5, 5.41) is 0. The van der Waals surface area contributed by atoms with Crippen molar-refractivity contribution in [1.29, 1.82) is 0 Å². The van der Waals surface area contributed by atoms with Crippen molar-refractivity contribution in [3.63, 3.8) is 0 Å². The highest BCUT2D eigenvalue weighted by molar-refractivity contribution is 7.89. The molecule has 5 nitrogen and oxygen atoms in total. The number of sulfonamides is 1. The molecule has 0 bridgehead atoms. The van der Waals surface area contributed by atoms with E-state index in [9.17, 15) is 17.6 Å². The molecule has 110 valence electrons. The van der Waals surface area contributed by atoms with E-state index in [1.54, 1.807) is 0 Å². The molecular formula is C13H16FNO4S. The molecule has 1 aromatic carbocycles. The Hall–Kier alpha value is -1.47. The third kappa shape index (κ3) is 3.16. The summed E-state index contributed by atoms with van der Waals surface area (Å²) in [7, 11) is -2.70. The zero-order valence-corrected chi connectivity index (χ0v) is 11.9. The van der Waals surface area contributed by atoms with Gasteiger partial charge in [0.15, 0.2) is 0 Å². The highest BCUT2D eigenvalue weighted by atomic mass is 32.2. The first-order valence-electron chi connectivity index (χ1n) is 6.26. The summed E-state index contributed by atoms with van der Waals surface area (Å²) < 4.78 is 43.1. The predicted molar refractivity (Wildman–Crippen MR) is 69.9 cm³/mol. The number of hydrogen-bond donors (Lipinski definition) is 0. The Morgan fingerprint density at radius 3 is 2.60 bits per heavy atom. The normalized spacial score (nSPS) is 19.0. The van der Waals surface area contributed by atoms with Crippen molar-refractivity contribution in [3.8, 4) is 0 Å². The Kier molecular flexibility index (Phi) is 4.39. The molecule has 0 N–H and O–H groups in total. The van der Waals surface area contributed by atoms with E-state index in [-0.39, 0.29) is 17.2 Å². The minimum absolute atomic E-state index is 0.0633. The number of hydrogen-bond acceptors (Lipinski definition) is 4. The van der Waals surface area contributed by atoms with E-state index in [1.165, 1.54) is 7.05 Å². The molecule has 1 fully saturated rings. The van der Waals surface area contributed by atoms with Crippen LogP contribution in [0.5, 0.6) is 0 Å². The molecule has 0 saturated carbocycles. The lowest BCUT2D eigenvalue weighted by Gasteiger charge is -2.19. The molecule has 1 heterocycles. The van der Waals surface area contributed by atoms with Crippen LogP contribution in [0.1, 0.15) is 12.8 Å². The fraction of sp³-hybridized carbons (Fsp3) is 0.462. The number of benzene rings is 1. The fourth-order valence-electron chi connectivity index (χ4n) is 2.02. The van der Waals surface area contributed by atoms with E-state index in [2.05, 4.69) is 0 Å². The first-order chi connectivity index (χ1) is 9.41. The molecule has 1 unspecified atom stereocenters. The Morgan fingerprint density at radius 1 is 1.40 bits per heavy atom. The molecule has 1 atom stereocenters. The first kappa shape index (κ1) is 14.9. The van der Waals surface area contributed by atoms with Gasteiger partial charge < -0.3 is 4.74 Å². The number of carbonyl (C=O) groups is 1. The van der Waals surface area contributed by atoms with Gasteiger partial charge in [-0.15, -0.1) is 0 Å². The maximum absolute atomic E-state index is 12.8. The lowest BCUT2D eigenvalue weighted by atomic mass is 10.1. The van der Waals surface area contributed by atoms with Crippen LogP contribution in [0.4, 0.5) is 4.39 Å². The van der Waals surface area contributed by atoms with Crippen LogP contribution in [0.25, 0.3) is 0 Å². The molecule has 1 amide bonds. The van der Waals surface area contributed by atoms with Crippen molar-refractivity contribution < 1.29 is 22.3 Å². The summed E-state index contributed by atoms with van der Waals surface area (Å²) in [4.78, 5) is 11.9. The van der Waals surface area contributed by atoms with Crippen molar-refractivity contribution in [3.05, 3.63) is 30.1 Å². The SMILES string of the molecule is CN(C(=O)CC1CCOC1)S(=O)(=O)c1ccc(F)cc1. The molecule has 7 heteroatoms. The van der Waals surface area contributed by atoms with Crippen LogP contribution < -0.4 is 0 Å². The van der Waals surface area contributed by atoms with Crippen LogP contribution in [0, 0.1) is 11.7 Å². The van der Waals surface area contributed by atoms with Crippen LogP contribution in [0.3, 0.4) is 0 Å². The Balaban J connectivity index is 2.11. The van der Waals surface area contributed by atoms with E-state index in [4.69, 9.17) is 4.74 Å². The summed E-state index contributed by atoms with van der Waals surface area (Å²) in [6.45, 7) is 1.09. The highest BCUT2D eigenvalue weighted by Gasteiger charge is 2.28. The third-order valence-electron chi connectivity index (χ3n) is 3.31. The number of nitrogens with zero attached hydrogens (tertiary/aromatic N) is 1. The second-order valence-electron chi connectivity index (χ2n) is 4.75.